The van der Waals surface area contributed by atoms with Gasteiger partial charge < -0.3 is 5.32 Å². The van der Waals surface area contributed by atoms with Gasteiger partial charge in [-0.25, -0.2) is 4.98 Å². The smallest absolute Gasteiger partial charge is 0.275 e. The quantitative estimate of drug-likeness (QED) is 0.688. The first kappa shape index (κ1) is 14.1. The zero-order valence-electron chi connectivity index (χ0n) is 10.5. The Morgan fingerprint density at radius 1 is 1.40 bits per heavy atom. The lowest BCUT2D eigenvalue weighted by molar-refractivity contribution is -0.385. The number of nitrogens with one attached hydrogen (secondary N) is 1. The third kappa shape index (κ3) is 3.00. The Balaban J connectivity index is 2.23. The summed E-state index contributed by atoms with van der Waals surface area (Å²) in [5.74, 6) is -0.384. The highest BCUT2D eigenvalue weighted by Gasteiger charge is 2.14. The number of carbonyl (C=O) groups is 1. The van der Waals surface area contributed by atoms with Gasteiger partial charge in [-0.3, -0.25) is 14.9 Å². The molecule has 0 atom stereocenters. The van der Waals surface area contributed by atoms with E-state index in [0.717, 1.165) is 0 Å². The van der Waals surface area contributed by atoms with Crippen LogP contribution in [0.4, 0.5) is 11.4 Å². The molecule has 0 unspecified atom stereocenters. The van der Waals surface area contributed by atoms with E-state index in [-0.39, 0.29) is 17.3 Å². The van der Waals surface area contributed by atoms with Crippen molar-refractivity contribution in [1.29, 1.82) is 0 Å². The van der Waals surface area contributed by atoms with Crippen LogP contribution in [-0.4, -0.2) is 15.8 Å². The normalized spacial score (nSPS) is 10.1. The second kappa shape index (κ2) is 5.79. The summed E-state index contributed by atoms with van der Waals surface area (Å²) in [6, 6.07) is 7.81. The maximum Gasteiger partial charge on any atom is 0.275 e. The molecular weight excluding hydrogens is 326 g/mol. The van der Waals surface area contributed by atoms with E-state index in [1.54, 1.807) is 25.1 Å². The third-order valence-corrected chi connectivity index (χ3v) is 3.26. The minimum atomic E-state index is -0.462. The van der Waals surface area contributed by atoms with E-state index in [9.17, 15) is 14.9 Å². The number of amides is 1. The Morgan fingerprint density at radius 3 is 2.75 bits per heavy atom. The van der Waals surface area contributed by atoms with Gasteiger partial charge in [0, 0.05) is 28.0 Å². The van der Waals surface area contributed by atoms with Crippen molar-refractivity contribution in [3.63, 3.8) is 0 Å². The van der Waals surface area contributed by atoms with Crippen molar-refractivity contribution in [2.45, 2.75) is 6.92 Å². The van der Waals surface area contributed by atoms with Crippen molar-refractivity contribution in [2.24, 2.45) is 0 Å². The number of carbonyl (C=O) groups excluding carboxylic acids is 1. The second-order valence-corrected chi connectivity index (χ2v) is 4.90. The average molecular weight is 336 g/mol. The van der Waals surface area contributed by atoms with Crippen LogP contribution in [0.2, 0.25) is 0 Å². The zero-order valence-corrected chi connectivity index (χ0v) is 12.0. The predicted molar refractivity (Wildman–Crippen MR) is 77.7 cm³/mol. The third-order valence-electron chi connectivity index (χ3n) is 2.62. The topological polar surface area (TPSA) is 85.1 Å². The van der Waals surface area contributed by atoms with Crippen LogP contribution in [0.5, 0.6) is 0 Å². The van der Waals surface area contributed by atoms with Crippen molar-refractivity contribution in [3.8, 4) is 0 Å². The predicted octanol–water partition coefficient (Wildman–Crippen LogP) is 3.31. The molecule has 1 amide bonds. The molecular formula is C13H10BrN3O3. The molecule has 1 aromatic carbocycles. The fraction of sp³-hybridized carbons (Fsp3) is 0.0769. The second-order valence-electron chi connectivity index (χ2n) is 4.05. The number of nitro groups is 1. The lowest BCUT2D eigenvalue weighted by atomic mass is 10.2. The van der Waals surface area contributed by atoms with Gasteiger partial charge in [-0.15, -0.1) is 0 Å². The molecule has 102 valence electrons. The Kier molecular flexibility index (Phi) is 4.09. The van der Waals surface area contributed by atoms with E-state index in [0.29, 0.717) is 15.7 Å². The number of hydrogen-bond donors (Lipinski definition) is 1. The number of rotatable bonds is 3. The number of halogens is 1. The highest BCUT2D eigenvalue weighted by atomic mass is 79.9. The molecule has 0 spiro atoms. The van der Waals surface area contributed by atoms with Crippen LogP contribution in [0.25, 0.3) is 0 Å². The van der Waals surface area contributed by atoms with Gasteiger partial charge in [-0.2, -0.15) is 0 Å². The molecule has 1 aromatic heterocycles. The molecule has 1 N–H and O–H groups in total. The largest absolute Gasteiger partial charge is 0.321 e. The van der Waals surface area contributed by atoms with E-state index in [1.807, 2.05) is 0 Å². The zero-order chi connectivity index (χ0) is 14.7. The minimum Gasteiger partial charge on any atom is -0.321 e. The number of nitrogens with zero attached hydrogens (tertiary/aromatic N) is 2. The number of anilines is 1. The van der Waals surface area contributed by atoms with Crippen LogP contribution in [0.1, 0.15) is 16.1 Å². The van der Waals surface area contributed by atoms with Crippen molar-refractivity contribution < 1.29 is 9.72 Å². The summed E-state index contributed by atoms with van der Waals surface area (Å²) >= 11 is 3.24. The van der Waals surface area contributed by atoms with Gasteiger partial charge in [0.15, 0.2) is 0 Å². The molecule has 7 heteroatoms. The van der Waals surface area contributed by atoms with Gasteiger partial charge in [-0.05, 0) is 47.1 Å². The van der Waals surface area contributed by atoms with Crippen LogP contribution in [-0.2, 0) is 0 Å². The molecule has 0 radical (unpaired) electrons. The maximum atomic E-state index is 12.0. The summed E-state index contributed by atoms with van der Waals surface area (Å²) in [7, 11) is 0. The molecule has 6 nitrogen and oxygen atoms in total. The van der Waals surface area contributed by atoms with Gasteiger partial charge >= 0.3 is 0 Å². The van der Waals surface area contributed by atoms with Crippen molar-refractivity contribution >= 4 is 33.2 Å². The Morgan fingerprint density at radius 2 is 2.15 bits per heavy atom. The summed E-state index contributed by atoms with van der Waals surface area (Å²) < 4.78 is 0.580. The monoisotopic (exact) mass is 335 g/mol. The van der Waals surface area contributed by atoms with Crippen molar-refractivity contribution in [2.75, 3.05) is 5.32 Å². The summed E-state index contributed by atoms with van der Waals surface area (Å²) in [5.41, 5.74) is 1.23. The van der Waals surface area contributed by atoms with Gasteiger partial charge in [0.2, 0.25) is 0 Å². The molecule has 20 heavy (non-hydrogen) atoms. The lowest BCUT2D eigenvalue weighted by Gasteiger charge is -2.07. The van der Waals surface area contributed by atoms with E-state index in [2.05, 4.69) is 26.2 Å². The molecule has 0 aliphatic rings. The Bertz CT molecular complexity index is 688. The van der Waals surface area contributed by atoms with E-state index >= 15 is 0 Å². The van der Waals surface area contributed by atoms with Crippen LogP contribution in [0.3, 0.4) is 0 Å². The van der Waals surface area contributed by atoms with Gasteiger partial charge in [-0.1, -0.05) is 0 Å². The van der Waals surface area contributed by atoms with Crippen LogP contribution in [0, 0.1) is 17.0 Å². The summed E-state index contributed by atoms with van der Waals surface area (Å²) in [5, 5.41) is 13.4. The minimum absolute atomic E-state index is 0.0158. The molecule has 0 saturated carbocycles. The molecule has 0 saturated heterocycles. The van der Waals surface area contributed by atoms with E-state index in [4.69, 9.17) is 0 Å². The molecule has 1 heterocycles. The SMILES string of the molecule is Cc1cc(NC(=O)c2ncccc2Br)ccc1[N+](=O)[O-]. The lowest BCUT2D eigenvalue weighted by Crippen LogP contribution is -2.14. The molecule has 0 aliphatic carbocycles. The average Bonchev–Trinajstić information content (AvgIpc) is 2.38. The number of aromatic nitrogens is 1. The molecule has 0 fully saturated rings. The van der Waals surface area contributed by atoms with Gasteiger partial charge in [0.05, 0.1) is 4.92 Å². The Labute approximate surface area is 123 Å². The molecule has 2 rings (SSSR count). The molecule has 2 aromatic rings. The maximum absolute atomic E-state index is 12.0. The summed E-state index contributed by atoms with van der Waals surface area (Å²) in [6.45, 7) is 1.62. The highest BCUT2D eigenvalue weighted by molar-refractivity contribution is 9.10. The van der Waals surface area contributed by atoms with E-state index in [1.165, 1.54) is 18.3 Å². The van der Waals surface area contributed by atoms with Crippen molar-refractivity contribution in [3.05, 3.63) is 62.4 Å². The Hall–Kier alpha value is -2.28. The highest BCUT2D eigenvalue weighted by Crippen LogP contribution is 2.22. The van der Waals surface area contributed by atoms with Gasteiger partial charge in [0.25, 0.3) is 11.6 Å². The van der Waals surface area contributed by atoms with E-state index < -0.39 is 4.92 Å². The van der Waals surface area contributed by atoms with Crippen LogP contribution in [0.15, 0.2) is 41.0 Å². The number of benzene rings is 1. The first-order valence-corrected chi connectivity index (χ1v) is 6.45. The first-order valence-electron chi connectivity index (χ1n) is 5.66. The van der Waals surface area contributed by atoms with Gasteiger partial charge in [0.1, 0.15) is 5.69 Å². The van der Waals surface area contributed by atoms with Crippen molar-refractivity contribution in [1.82, 2.24) is 4.98 Å². The first-order chi connectivity index (χ1) is 9.49. The van der Waals surface area contributed by atoms with Crippen LogP contribution < -0.4 is 5.32 Å². The number of aryl methyl sites for hydroxylation is 1. The summed E-state index contributed by atoms with van der Waals surface area (Å²) in [4.78, 5) is 26.3. The number of hydrogen-bond acceptors (Lipinski definition) is 4. The number of pyridine rings is 1. The van der Waals surface area contributed by atoms with Crippen LogP contribution >= 0.6 is 15.9 Å². The fourth-order valence-corrected chi connectivity index (χ4v) is 2.12. The fourth-order valence-electron chi connectivity index (χ4n) is 1.68. The summed E-state index contributed by atoms with van der Waals surface area (Å²) in [6.07, 6.45) is 1.51. The standard InChI is InChI=1S/C13H10BrN3O3/c1-8-7-9(4-5-11(8)17(19)20)16-13(18)12-10(14)3-2-6-15-12/h2-7H,1H3,(H,16,18). The molecule has 0 bridgehead atoms. The number of nitro benzene ring substituents is 1. The molecule has 0 aliphatic heterocycles.